The number of H-pyrrole nitrogens is 1. The number of nitrogens with zero attached hydrogens (tertiary/aromatic N) is 3. The van der Waals surface area contributed by atoms with Gasteiger partial charge in [-0.3, -0.25) is 0 Å². The van der Waals surface area contributed by atoms with Crippen LogP contribution in [0.4, 0.5) is 0 Å². The first-order chi connectivity index (χ1) is 30.2. The predicted octanol–water partition coefficient (Wildman–Crippen LogP) is 14.8. The topological polar surface area (TPSA) is 54.5 Å². The zero-order valence-electron chi connectivity index (χ0n) is 33.0. The van der Waals surface area contributed by atoms with Crippen LogP contribution in [0, 0.1) is 0 Å². The Labute approximate surface area is 353 Å². The van der Waals surface area contributed by atoms with Crippen molar-refractivity contribution >= 4 is 21.8 Å². The Bertz CT molecular complexity index is 3230. The Morgan fingerprint density at radius 1 is 0.230 bits per heavy atom. The van der Waals surface area contributed by atoms with Gasteiger partial charge >= 0.3 is 0 Å². The van der Waals surface area contributed by atoms with Crippen molar-refractivity contribution in [2.24, 2.45) is 0 Å². The summed E-state index contributed by atoms with van der Waals surface area (Å²) in [7, 11) is 0. The van der Waals surface area contributed by atoms with Gasteiger partial charge < -0.3 is 4.98 Å². The normalized spacial score (nSPS) is 11.6. The second-order valence-electron chi connectivity index (χ2n) is 15.7. The fraction of sp³-hybridized carbons (Fsp3) is 0. The molecule has 11 aromatic rings. The molecule has 61 heavy (non-hydrogen) atoms. The highest BCUT2D eigenvalue weighted by Crippen LogP contribution is 2.44. The van der Waals surface area contributed by atoms with Crippen LogP contribution in [-0.4, -0.2) is 19.9 Å². The maximum absolute atomic E-state index is 5.56. The number of hydrogen-bond acceptors (Lipinski definition) is 3. The molecule has 7 aromatic carbocycles. The number of benzene rings is 7. The zero-order chi connectivity index (χ0) is 40.3. The van der Waals surface area contributed by atoms with Crippen LogP contribution in [0.5, 0.6) is 0 Å². The van der Waals surface area contributed by atoms with Crippen LogP contribution in [0.3, 0.4) is 0 Å². The van der Waals surface area contributed by atoms with Crippen molar-refractivity contribution in [3.63, 3.8) is 0 Å². The van der Waals surface area contributed by atoms with Gasteiger partial charge in [0.1, 0.15) is 0 Å². The molecule has 4 nitrogen and oxygen atoms in total. The first-order valence-electron chi connectivity index (χ1n) is 20.7. The third kappa shape index (κ3) is 6.21. The van der Waals surface area contributed by atoms with Crippen LogP contribution in [0.15, 0.2) is 212 Å². The average molecular weight is 777 g/mol. The van der Waals surface area contributed by atoms with Crippen molar-refractivity contribution in [3.8, 4) is 101 Å². The van der Waals surface area contributed by atoms with Crippen LogP contribution >= 0.6 is 0 Å². The molecule has 12 rings (SSSR count). The molecule has 8 bridgehead atoms. The van der Waals surface area contributed by atoms with Crippen LogP contribution in [-0.2, 0) is 0 Å². The molecule has 4 aromatic heterocycles. The highest BCUT2D eigenvalue weighted by Gasteiger charge is 2.22. The predicted molar refractivity (Wildman–Crippen MR) is 252 cm³/mol. The minimum Gasteiger partial charge on any atom is -0.353 e. The van der Waals surface area contributed by atoms with E-state index in [-0.39, 0.29) is 0 Å². The van der Waals surface area contributed by atoms with E-state index in [9.17, 15) is 0 Å². The maximum atomic E-state index is 5.56. The number of aromatic amines is 1. The van der Waals surface area contributed by atoms with E-state index in [2.05, 4.69) is 217 Å². The lowest BCUT2D eigenvalue weighted by Gasteiger charge is -2.15. The van der Waals surface area contributed by atoms with Crippen LogP contribution in [0.2, 0.25) is 0 Å². The summed E-state index contributed by atoms with van der Waals surface area (Å²) in [6.07, 6.45) is 0. The van der Waals surface area contributed by atoms with Gasteiger partial charge in [-0.1, -0.05) is 152 Å². The Morgan fingerprint density at radius 2 is 0.475 bits per heavy atom. The molecule has 0 fully saturated rings. The molecule has 0 unspecified atom stereocenters. The van der Waals surface area contributed by atoms with Gasteiger partial charge in [0.2, 0.25) is 0 Å². The lowest BCUT2D eigenvalue weighted by molar-refractivity contribution is 1.22. The van der Waals surface area contributed by atoms with E-state index in [1.165, 1.54) is 0 Å². The smallest absolute Gasteiger partial charge is 0.0901 e. The number of aromatic nitrogens is 4. The maximum Gasteiger partial charge on any atom is 0.0901 e. The lowest BCUT2D eigenvalue weighted by Crippen LogP contribution is -1.99. The summed E-state index contributed by atoms with van der Waals surface area (Å²) < 4.78 is 0. The average Bonchev–Trinajstić information content (AvgIpc) is 3.72. The number of rotatable bonds is 5. The molecule has 0 aliphatic carbocycles. The highest BCUT2D eigenvalue weighted by molar-refractivity contribution is 6.17. The number of nitrogens with one attached hydrogen (secondary N) is 1. The standard InChI is InChI=1S/C57H36N4/c1-6-16-36(17-7-1)41-26-46-47-27-42(37-18-8-2-9-19-37)29-49-51-31-44(39-22-12-4-13-23-39)33-53(59-51)55-35-45(40-24-14-5-15-25-40)34-54(60-55)52-32-43(38-20-10-3-11-21-38)30-50(58-52)48(28-41)56(46)61-57(47)49/h1-35,61H. The van der Waals surface area contributed by atoms with Crippen molar-refractivity contribution in [1.82, 2.24) is 19.9 Å². The van der Waals surface area contributed by atoms with E-state index in [4.69, 9.17) is 15.0 Å². The molecule has 4 heteroatoms. The zero-order valence-corrected chi connectivity index (χ0v) is 33.0. The summed E-state index contributed by atoms with van der Waals surface area (Å²) in [6.45, 7) is 0. The summed E-state index contributed by atoms with van der Waals surface area (Å²) in [6, 6.07) is 75.4. The molecular weight excluding hydrogens is 741 g/mol. The van der Waals surface area contributed by atoms with E-state index >= 15 is 0 Å². The number of fused-ring (bicyclic) bond motifs is 11. The summed E-state index contributed by atoms with van der Waals surface area (Å²) in [5.41, 5.74) is 19.9. The van der Waals surface area contributed by atoms with Crippen molar-refractivity contribution in [1.29, 1.82) is 0 Å². The van der Waals surface area contributed by atoms with Gasteiger partial charge in [-0.15, -0.1) is 0 Å². The quantitative estimate of drug-likeness (QED) is 0.189. The second-order valence-corrected chi connectivity index (χ2v) is 15.7. The van der Waals surface area contributed by atoms with Gasteiger partial charge in [0.05, 0.1) is 45.2 Å². The SMILES string of the molecule is c1ccc(-c2cc3nc(c2)-c2cc(-c4ccccc4)cc(n2)-c2cc(-c4ccccc4)cc4c2[nH]c2c(cc(-c5ccccc5)cc24)-c2cc(-c4ccccc4)cc-3n2)cc1. The lowest BCUT2D eigenvalue weighted by atomic mass is 9.93. The molecule has 0 atom stereocenters. The minimum atomic E-state index is 0.775. The third-order valence-corrected chi connectivity index (χ3v) is 11.9. The largest absolute Gasteiger partial charge is 0.353 e. The number of pyridine rings is 3. The summed E-state index contributed by atoms with van der Waals surface area (Å²) >= 11 is 0. The molecule has 1 aliphatic heterocycles. The Hall–Kier alpha value is -8.21. The molecule has 0 saturated heterocycles. The minimum absolute atomic E-state index is 0.775. The van der Waals surface area contributed by atoms with Crippen molar-refractivity contribution < 1.29 is 0 Å². The monoisotopic (exact) mass is 776 g/mol. The Morgan fingerprint density at radius 3 is 0.770 bits per heavy atom. The Kier molecular flexibility index (Phi) is 8.13. The van der Waals surface area contributed by atoms with E-state index in [0.29, 0.717) is 0 Å². The third-order valence-electron chi connectivity index (χ3n) is 11.9. The summed E-state index contributed by atoms with van der Waals surface area (Å²) in [5.74, 6) is 0. The van der Waals surface area contributed by atoms with Crippen LogP contribution < -0.4 is 0 Å². The molecule has 1 N–H and O–H groups in total. The van der Waals surface area contributed by atoms with Gasteiger partial charge in [-0.25, -0.2) is 15.0 Å². The van der Waals surface area contributed by atoms with Crippen LogP contribution in [0.25, 0.3) is 123 Å². The van der Waals surface area contributed by atoms with Crippen molar-refractivity contribution in [2.75, 3.05) is 0 Å². The fourth-order valence-corrected chi connectivity index (χ4v) is 8.89. The Balaban J connectivity index is 1.27. The van der Waals surface area contributed by atoms with Crippen molar-refractivity contribution in [2.45, 2.75) is 0 Å². The van der Waals surface area contributed by atoms with E-state index in [1.54, 1.807) is 0 Å². The van der Waals surface area contributed by atoms with E-state index in [1.807, 2.05) is 0 Å². The van der Waals surface area contributed by atoms with E-state index in [0.717, 1.165) is 123 Å². The molecule has 0 spiro atoms. The van der Waals surface area contributed by atoms with Crippen LogP contribution in [0.1, 0.15) is 0 Å². The molecule has 1 aliphatic rings. The molecule has 284 valence electrons. The van der Waals surface area contributed by atoms with Crippen molar-refractivity contribution in [3.05, 3.63) is 212 Å². The molecule has 5 heterocycles. The first kappa shape index (κ1) is 34.8. The summed E-state index contributed by atoms with van der Waals surface area (Å²) in [5, 5.41) is 2.25. The van der Waals surface area contributed by atoms with E-state index < -0.39 is 0 Å². The van der Waals surface area contributed by atoms with Gasteiger partial charge in [0, 0.05) is 21.9 Å². The van der Waals surface area contributed by atoms with Gasteiger partial charge in [0.15, 0.2) is 0 Å². The molecule has 0 amide bonds. The molecule has 0 saturated carbocycles. The fourth-order valence-electron chi connectivity index (χ4n) is 8.89. The highest BCUT2D eigenvalue weighted by atomic mass is 14.8. The summed E-state index contributed by atoms with van der Waals surface area (Å²) in [4.78, 5) is 20.6. The molecular formula is C57H36N4. The van der Waals surface area contributed by atoms with Gasteiger partial charge in [0.25, 0.3) is 0 Å². The second kappa shape index (κ2) is 14.3. The van der Waals surface area contributed by atoms with Gasteiger partial charge in [-0.2, -0.15) is 0 Å². The first-order valence-corrected chi connectivity index (χ1v) is 20.7. The number of hydrogen-bond donors (Lipinski definition) is 1. The molecule has 0 radical (unpaired) electrons. The van der Waals surface area contributed by atoms with Gasteiger partial charge in [-0.05, 0) is 116 Å².